The number of methoxy groups -OCH3 is 1. The normalized spacial score (nSPS) is 20.1. The van der Waals surface area contributed by atoms with Gasteiger partial charge in [0, 0.05) is 66.8 Å². The van der Waals surface area contributed by atoms with Crippen molar-refractivity contribution in [3.63, 3.8) is 0 Å². The lowest BCUT2D eigenvalue weighted by Gasteiger charge is -2.38. The van der Waals surface area contributed by atoms with Crippen molar-refractivity contribution >= 4 is 34.6 Å². The van der Waals surface area contributed by atoms with E-state index in [4.69, 9.17) is 23.6 Å². The molecule has 19 heteroatoms. The average molecular weight is 975 g/mol. The zero-order valence-corrected chi connectivity index (χ0v) is 41.7. The minimum Gasteiger partial charge on any atom is -0.464 e. The number of nitrogens with zero attached hydrogens (tertiary/aromatic N) is 6. The van der Waals surface area contributed by atoms with Crippen LogP contribution < -0.4 is 10.7 Å². The van der Waals surface area contributed by atoms with Crippen molar-refractivity contribution in [2.24, 2.45) is 17.3 Å². The van der Waals surface area contributed by atoms with Crippen molar-refractivity contribution < 1.29 is 51.0 Å². The topological polar surface area (TPSA) is 174 Å². The third-order valence-electron chi connectivity index (χ3n) is 13.5. The van der Waals surface area contributed by atoms with Gasteiger partial charge in [-0.05, 0) is 102 Å². The summed E-state index contributed by atoms with van der Waals surface area (Å²) in [5.74, 6) is 3.15. The molecule has 4 aromatic rings. The van der Waals surface area contributed by atoms with Gasteiger partial charge in [0.1, 0.15) is 24.9 Å². The number of alkyl halides is 3. The van der Waals surface area contributed by atoms with Crippen LogP contribution in [0.5, 0.6) is 0 Å². The van der Waals surface area contributed by atoms with Gasteiger partial charge in [0.05, 0.1) is 54.0 Å². The summed E-state index contributed by atoms with van der Waals surface area (Å²) >= 11 is 0. The molecule has 3 aliphatic rings. The fourth-order valence-corrected chi connectivity index (χ4v) is 8.78. The number of benzene rings is 1. The first-order valence-electron chi connectivity index (χ1n) is 23.8. The van der Waals surface area contributed by atoms with E-state index in [1.54, 1.807) is 48.4 Å². The first kappa shape index (κ1) is 52.0. The number of carbonyl (C=O) groups is 4. The molecule has 378 valence electrons. The lowest BCUT2D eigenvalue weighted by molar-refractivity contribution is -0.155. The zero-order chi connectivity index (χ0) is 50.9. The Balaban J connectivity index is 1.21. The Labute approximate surface area is 406 Å². The van der Waals surface area contributed by atoms with Crippen molar-refractivity contribution in [2.75, 3.05) is 54.1 Å². The number of cyclic esters (lactones) is 1. The van der Waals surface area contributed by atoms with Gasteiger partial charge in [-0.15, -0.1) is 0 Å². The van der Waals surface area contributed by atoms with E-state index in [0.717, 1.165) is 0 Å². The molecular formula is C51H65F3N8O8. The van der Waals surface area contributed by atoms with Crippen molar-refractivity contribution in [2.45, 2.75) is 117 Å². The second kappa shape index (κ2) is 20.9. The maximum Gasteiger partial charge on any atom is 0.406 e. The number of oxazole rings is 1. The van der Waals surface area contributed by atoms with Gasteiger partial charge < -0.3 is 33.4 Å². The largest absolute Gasteiger partial charge is 0.464 e. The van der Waals surface area contributed by atoms with Crippen LogP contribution in [0.2, 0.25) is 0 Å². The van der Waals surface area contributed by atoms with E-state index < -0.39 is 65.6 Å². The Morgan fingerprint density at radius 3 is 2.54 bits per heavy atom. The van der Waals surface area contributed by atoms with E-state index in [2.05, 4.69) is 27.6 Å². The monoisotopic (exact) mass is 974 g/mol. The third-order valence-corrected chi connectivity index (χ3v) is 13.5. The molecule has 2 fully saturated rings. The molecule has 1 aromatic carbocycles. The molecule has 2 saturated heterocycles. The molecule has 16 nitrogen and oxygen atoms in total. The summed E-state index contributed by atoms with van der Waals surface area (Å²) in [5, 5.41) is 4.79. The second-order valence-electron chi connectivity index (χ2n) is 20.5. The highest BCUT2D eigenvalue weighted by atomic mass is 19.4. The highest BCUT2D eigenvalue weighted by Crippen LogP contribution is 2.43. The molecule has 6 heterocycles. The predicted octanol–water partition coefficient (Wildman–Crippen LogP) is 6.12. The highest BCUT2D eigenvalue weighted by molar-refractivity contribution is 5.95. The summed E-state index contributed by atoms with van der Waals surface area (Å²) < 4.78 is 69.0. The van der Waals surface area contributed by atoms with Crippen LogP contribution in [-0.4, -0.2) is 137 Å². The SMILES string of the molecule is CO[C@@H](C)c1ncccc1-c1c2c3cc(ccc3n1CC(F)(F)F)-c1nc(co1)C[C@H](NC(=O)[C@@H](COC1CN(C(=O)C#CC(C)(C)N(C)C)C1)C(C)C)C(=O)N1CCC[C@H](N1)C(=O)OCC(C)(C)C2. The van der Waals surface area contributed by atoms with Gasteiger partial charge in [-0.1, -0.05) is 33.6 Å². The molecule has 0 radical (unpaired) electrons. The quantitative estimate of drug-likeness (QED) is 0.131. The van der Waals surface area contributed by atoms with E-state index >= 15 is 0 Å². The Bertz CT molecular complexity index is 2640. The van der Waals surface area contributed by atoms with Gasteiger partial charge in [-0.25, -0.2) is 10.4 Å². The number of amides is 3. The average Bonchev–Trinajstić information content (AvgIpc) is 3.87. The highest BCUT2D eigenvalue weighted by Gasteiger charge is 2.39. The van der Waals surface area contributed by atoms with Crippen LogP contribution in [0.3, 0.4) is 0 Å². The van der Waals surface area contributed by atoms with Gasteiger partial charge in [0.15, 0.2) is 0 Å². The van der Waals surface area contributed by atoms with E-state index in [-0.39, 0.29) is 56.4 Å². The Morgan fingerprint density at radius 1 is 1.11 bits per heavy atom. The van der Waals surface area contributed by atoms with Crippen molar-refractivity contribution in [1.29, 1.82) is 0 Å². The van der Waals surface area contributed by atoms with Gasteiger partial charge >= 0.3 is 12.1 Å². The predicted molar refractivity (Wildman–Crippen MR) is 254 cm³/mol. The number of halogens is 3. The van der Waals surface area contributed by atoms with Crippen LogP contribution in [0.4, 0.5) is 13.2 Å². The van der Waals surface area contributed by atoms with Gasteiger partial charge in [-0.3, -0.25) is 34.1 Å². The van der Waals surface area contributed by atoms with Crippen molar-refractivity contribution in [3.05, 3.63) is 59.7 Å². The van der Waals surface area contributed by atoms with Crippen LogP contribution in [0, 0.1) is 29.1 Å². The number of ether oxygens (including phenoxy) is 3. The van der Waals surface area contributed by atoms with Crippen LogP contribution in [0.15, 0.2) is 47.2 Å². The Hall–Kier alpha value is -5.81. The van der Waals surface area contributed by atoms with Crippen LogP contribution in [-0.2, 0) is 52.8 Å². The molecule has 0 aliphatic carbocycles. The fraction of sp³-hybridized carbons (Fsp3) is 0.569. The lowest BCUT2D eigenvalue weighted by Crippen LogP contribution is -2.61. The Kier molecular flexibility index (Phi) is 15.5. The molecule has 3 aliphatic heterocycles. The number of aromatic nitrogens is 3. The van der Waals surface area contributed by atoms with Gasteiger partial charge in [0.25, 0.3) is 11.8 Å². The number of fused-ring (bicyclic) bond motifs is 6. The molecule has 6 bridgehead atoms. The maximum atomic E-state index is 14.6. The first-order valence-corrected chi connectivity index (χ1v) is 23.8. The number of rotatable bonds is 11. The van der Waals surface area contributed by atoms with Crippen LogP contribution in [0.25, 0.3) is 33.6 Å². The van der Waals surface area contributed by atoms with E-state index in [9.17, 15) is 32.3 Å². The molecule has 4 atom stereocenters. The number of esters is 1. The van der Waals surface area contributed by atoms with Crippen molar-refractivity contribution in [3.8, 4) is 34.6 Å². The Morgan fingerprint density at radius 2 is 1.86 bits per heavy atom. The molecule has 0 saturated carbocycles. The number of hydrogen-bond acceptors (Lipinski definition) is 12. The van der Waals surface area contributed by atoms with Crippen LogP contribution in [0.1, 0.15) is 84.4 Å². The number of likely N-dealkylation sites (tertiary alicyclic amines) is 1. The number of hydrogen-bond donors (Lipinski definition) is 2. The number of pyridine rings is 1. The number of hydrazine groups is 1. The molecule has 0 unspecified atom stereocenters. The number of nitrogens with one attached hydrogen (secondary N) is 2. The van der Waals surface area contributed by atoms with E-state index in [0.29, 0.717) is 70.6 Å². The van der Waals surface area contributed by atoms with E-state index in [1.807, 2.05) is 60.5 Å². The fourth-order valence-electron chi connectivity index (χ4n) is 8.78. The smallest absolute Gasteiger partial charge is 0.406 e. The zero-order valence-electron chi connectivity index (χ0n) is 41.7. The molecule has 0 spiro atoms. The van der Waals surface area contributed by atoms with E-state index in [1.165, 1.54) is 22.9 Å². The molecule has 2 N–H and O–H groups in total. The molecule has 3 amide bonds. The molecule has 70 heavy (non-hydrogen) atoms. The molecular weight excluding hydrogens is 910 g/mol. The summed E-state index contributed by atoms with van der Waals surface area (Å²) in [6.07, 6.45) is -1.61. The second-order valence-corrected chi connectivity index (χ2v) is 20.5. The standard InChI is InChI=1S/C51H65F3N8O8/c1-30(2)38(27-68-34-24-60(25-34)42(63)17-18-50(6,7)59(8)9)45(64)57-40-22-33-26-69-46(56-33)32-15-16-41-36(21-32)37(23-49(4,5)29-70-48(66)39-14-12-20-62(58-39)47(40)65)44(61(41)28-51(52,53)54)35-13-11-19-55-43(35)31(3)67-10/h11,13,15-16,19,21,26,30-31,34,38-40,58H,12,14,20,22-25,27-29H2,1-10H3,(H,57,64)/t31-,38-,39-,40-/m0/s1. The summed E-state index contributed by atoms with van der Waals surface area (Å²) in [5.41, 5.74) is 4.63. The summed E-state index contributed by atoms with van der Waals surface area (Å²) in [6.45, 7) is 12.7. The minimum absolute atomic E-state index is 0.0289. The summed E-state index contributed by atoms with van der Waals surface area (Å²) in [6, 6.07) is 6.31. The summed E-state index contributed by atoms with van der Waals surface area (Å²) in [4.78, 5) is 68.2. The first-order chi connectivity index (χ1) is 32.9. The minimum atomic E-state index is -4.60. The van der Waals surface area contributed by atoms with Crippen molar-refractivity contribution in [1.82, 2.24) is 40.1 Å². The van der Waals surface area contributed by atoms with Gasteiger partial charge in [0.2, 0.25) is 11.8 Å². The number of carbonyl (C=O) groups excluding carboxylic acids is 4. The third kappa shape index (κ3) is 11.8. The maximum absolute atomic E-state index is 14.6. The summed E-state index contributed by atoms with van der Waals surface area (Å²) in [7, 11) is 5.29. The molecule has 3 aromatic heterocycles. The van der Waals surface area contributed by atoms with Gasteiger partial charge in [-0.2, -0.15) is 13.2 Å². The lowest BCUT2D eigenvalue weighted by atomic mass is 9.84. The van der Waals surface area contributed by atoms with Crippen LogP contribution >= 0.6 is 0 Å². The molecule has 7 rings (SSSR count).